The Labute approximate surface area is 143 Å². The van der Waals surface area contributed by atoms with Crippen molar-refractivity contribution in [2.24, 2.45) is 5.41 Å². The molecule has 2 rings (SSSR count). The SMILES string of the molecule is C#CC1(C=Cc2ccc(CCCCCCCCCC)cc2)CC1. The van der Waals surface area contributed by atoms with Gasteiger partial charge in [-0.2, -0.15) is 0 Å². The van der Waals surface area contributed by atoms with Gasteiger partial charge in [0.2, 0.25) is 0 Å². The van der Waals surface area contributed by atoms with Gasteiger partial charge in [-0.05, 0) is 36.8 Å². The number of terminal acetylenes is 1. The van der Waals surface area contributed by atoms with Gasteiger partial charge in [0.15, 0.2) is 0 Å². The second-order valence-electron chi connectivity index (χ2n) is 7.10. The number of hydrogen-bond acceptors (Lipinski definition) is 0. The van der Waals surface area contributed by atoms with Crippen LogP contribution in [-0.4, -0.2) is 0 Å². The Morgan fingerprint density at radius 3 is 2.13 bits per heavy atom. The van der Waals surface area contributed by atoms with E-state index in [0.29, 0.717) is 0 Å². The highest BCUT2D eigenvalue weighted by molar-refractivity contribution is 5.52. The number of hydrogen-bond donors (Lipinski definition) is 0. The molecule has 1 aliphatic carbocycles. The fourth-order valence-corrected chi connectivity index (χ4v) is 3.01. The summed E-state index contributed by atoms with van der Waals surface area (Å²) in [5.74, 6) is 2.90. The van der Waals surface area contributed by atoms with E-state index in [0.717, 1.165) is 12.8 Å². The number of unbranched alkanes of at least 4 members (excludes halogenated alkanes) is 7. The summed E-state index contributed by atoms with van der Waals surface area (Å²) in [4.78, 5) is 0. The molecule has 23 heavy (non-hydrogen) atoms. The van der Waals surface area contributed by atoms with E-state index in [1.54, 1.807) is 0 Å². The predicted octanol–water partition coefficient (Wildman–Crippen LogP) is 6.80. The Bertz CT molecular complexity index is 508. The molecular formula is C23H32. The molecule has 0 radical (unpaired) electrons. The zero-order valence-electron chi connectivity index (χ0n) is 14.8. The number of aryl methyl sites for hydroxylation is 1. The monoisotopic (exact) mass is 308 g/mol. The van der Waals surface area contributed by atoms with Crippen LogP contribution in [0.4, 0.5) is 0 Å². The minimum Gasteiger partial charge on any atom is -0.119 e. The van der Waals surface area contributed by atoms with Gasteiger partial charge in [0.25, 0.3) is 0 Å². The van der Waals surface area contributed by atoms with Gasteiger partial charge in [-0.3, -0.25) is 0 Å². The molecule has 0 nitrogen and oxygen atoms in total. The van der Waals surface area contributed by atoms with Crippen LogP contribution in [0.5, 0.6) is 0 Å². The molecule has 0 N–H and O–H groups in total. The smallest absolute Gasteiger partial charge is 0.0495 e. The minimum absolute atomic E-state index is 0.0792. The van der Waals surface area contributed by atoms with Crippen LogP contribution in [0.15, 0.2) is 30.3 Å². The van der Waals surface area contributed by atoms with Crippen molar-refractivity contribution in [3.63, 3.8) is 0 Å². The summed E-state index contributed by atoms with van der Waals surface area (Å²) in [7, 11) is 0. The normalized spacial score (nSPS) is 15.7. The van der Waals surface area contributed by atoms with Crippen LogP contribution in [-0.2, 0) is 6.42 Å². The zero-order valence-corrected chi connectivity index (χ0v) is 14.8. The highest BCUT2D eigenvalue weighted by atomic mass is 14.4. The Morgan fingerprint density at radius 1 is 0.957 bits per heavy atom. The highest BCUT2D eigenvalue weighted by Gasteiger charge is 2.37. The van der Waals surface area contributed by atoms with Gasteiger partial charge in [-0.15, -0.1) is 6.42 Å². The topological polar surface area (TPSA) is 0 Å². The van der Waals surface area contributed by atoms with Crippen molar-refractivity contribution in [2.75, 3.05) is 0 Å². The third-order valence-corrected chi connectivity index (χ3v) is 4.97. The number of allylic oxidation sites excluding steroid dienone is 1. The standard InChI is InChI=1S/C23H32/c1-3-5-6-7-8-9-10-11-12-21-13-15-22(16-14-21)17-18-23(4-2)19-20-23/h2,13-18H,3,5-12,19-20H2,1H3. The molecule has 1 saturated carbocycles. The van der Waals surface area contributed by atoms with E-state index in [1.165, 1.54) is 68.9 Å². The van der Waals surface area contributed by atoms with Gasteiger partial charge in [0.05, 0.1) is 0 Å². The highest BCUT2D eigenvalue weighted by Crippen LogP contribution is 2.46. The molecule has 0 bridgehead atoms. The lowest BCUT2D eigenvalue weighted by molar-refractivity contribution is 0.575. The Morgan fingerprint density at radius 2 is 1.57 bits per heavy atom. The maximum Gasteiger partial charge on any atom is 0.0495 e. The van der Waals surface area contributed by atoms with Gasteiger partial charge < -0.3 is 0 Å². The average Bonchev–Trinajstić information content (AvgIpc) is 3.37. The van der Waals surface area contributed by atoms with Crippen molar-refractivity contribution in [3.05, 3.63) is 41.5 Å². The van der Waals surface area contributed by atoms with Crippen LogP contribution in [0.25, 0.3) is 6.08 Å². The fraction of sp³-hybridized carbons (Fsp3) is 0.565. The molecule has 0 aliphatic heterocycles. The first-order valence-electron chi connectivity index (χ1n) is 9.54. The average molecular weight is 309 g/mol. The largest absolute Gasteiger partial charge is 0.119 e. The van der Waals surface area contributed by atoms with Gasteiger partial charge in [-0.1, -0.05) is 94.2 Å². The van der Waals surface area contributed by atoms with Gasteiger partial charge in [0.1, 0.15) is 0 Å². The van der Waals surface area contributed by atoms with Gasteiger partial charge in [-0.25, -0.2) is 0 Å². The van der Waals surface area contributed by atoms with Crippen molar-refractivity contribution in [1.29, 1.82) is 0 Å². The zero-order chi connectivity index (χ0) is 16.4. The van der Waals surface area contributed by atoms with Gasteiger partial charge >= 0.3 is 0 Å². The van der Waals surface area contributed by atoms with Crippen LogP contribution in [0, 0.1) is 17.8 Å². The summed E-state index contributed by atoms with van der Waals surface area (Å²) < 4.78 is 0. The fourth-order valence-electron chi connectivity index (χ4n) is 3.01. The van der Waals surface area contributed by atoms with E-state index >= 15 is 0 Å². The van der Waals surface area contributed by atoms with E-state index in [4.69, 9.17) is 6.42 Å². The molecular weight excluding hydrogens is 276 g/mol. The van der Waals surface area contributed by atoms with Crippen LogP contribution in [0.2, 0.25) is 0 Å². The molecule has 0 spiro atoms. The van der Waals surface area contributed by atoms with Crippen molar-refractivity contribution in [2.45, 2.75) is 77.6 Å². The maximum absolute atomic E-state index is 5.57. The van der Waals surface area contributed by atoms with Crippen LogP contribution >= 0.6 is 0 Å². The lowest BCUT2D eigenvalue weighted by Crippen LogP contribution is -1.89. The van der Waals surface area contributed by atoms with Crippen molar-refractivity contribution in [3.8, 4) is 12.3 Å². The molecule has 0 atom stereocenters. The van der Waals surface area contributed by atoms with Crippen molar-refractivity contribution in [1.82, 2.24) is 0 Å². The van der Waals surface area contributed by atoms with Crippen LogP contribution in [0.1, 0.15) is 82.3 Å². The van der Waals surface area contributed by atoms with Crippen molar-refractivity contribution >= 4 is 6.08 Å². The first kappa shape index (κ1) is 17.9. The van der Waals surface area contributed by atoms with E-state index in [9.17, 15) is 0 Å². The van der Waals surface area contributed by atoms with E-state index < -0.39 is 0 Å². The Hall–Kier alpha value is -1.48. The summed E-state index contributed by atoms with van der Waals surface area (Å²) in [6.45, 7) is 2.28. The molecule has 1 aliphatic rings. The minimum atomic E-state index is 0.0792. The summed E-state index contributed by atoms with van der Waals surface area (Å²) in [5, 5.41) is 0. The molecule has 0 saturated heterocycles. The quantitative estimate of drug-likeness (QED) is 0.311. The van der Waals surface area contributed by atoms with Gasteiger partial charge in [0, 0.05) is 5.41 Å². The van der Waals surface area contributed by atoms with Crippen molar-refractivity contribution < 1.29 is 0 Å². The molecule has 0 aromatic heterocycles. The van der Waals surface area contributed by atoms with E-state index in [1.807, 2.05) is 0 Å². The third-order valence-electron chi connectivity index (χ3n) is 4.97. The Kier molecular flexibility index (Phi) is 7.47. The number of rotatable bonds is 11. The summed E-state index contributed by atoms with van der Waals surface area (Å²) in [5.41, 5.74) is 2.81. The maximum atomic E-state index is 5.57. The molecule has 1 fully saturated rings. The van der Waals surface area contributed by atoms with E-state index in [2.05, 4.69) is 49.3 Å². The molecule has 124 valence electrons. The summed E-state index contributed by atoms with van der Waals surface area (Å²) >= 11 is 0. The molecule has 0 amide bonds. The summed E-state index contributed by atoms with van der Waals surface area (Å²) in [6.07, 6.45) is 24.6. The predicted molar refractivity (Wildman–Crippen MR) is 102 cm³/mol. The lowest BCUT2D eigenvalue weighted by atomic mass is 10.0. The molecule has 1 aromatic rings. The molecule has 0 heterocycles. The number of benzene rings is 1. The first-order valence-corrected chi connectivity index (χ1v) is 9.54. The molecule has 1 aromatic carbocycles. The van der Waals surface area contributed by atoms with Crippen LogP contribution in [0.3, 0.4) is 0 Å². The molecule has 0 unspecified atom stereocenters. The second kappa shape index (κ2) is 9.61. The molecule has 0 heteroatoms. The second-order valence-corrected chi connectivity index (χ2v) is 7.10. The summed E-state index contributed by atoms with van der Waals surface area (Å²) in [6, 6.07) is 9.00. The first-order chi connectivity index (χ1) is 11.3. The Balaban J connectivity index is 1.61. The van der Waals surface area contributed by atoms with Crippen LogP contribution < -0.4 is 0 Å². The van der Waals surface area contributed by atoms with E-state index in [-0.39, 0.29) is 5.41 Å². The lowest BCUT2D eigenvalue weighted by Gasteiger charge is -2.04. The third kappa shape index (κ3) is 6.66.